The highest BCUT2D eigenvalue weighted by molar-refractivity contribution is 7.80. The number of hydrogen-bond acceptors (Lipinski definition) is 2. The molecule has 0 bridgehead atoms. The smallest absolute Gasteiger partial charge is 0.137 e. The fraction of sp³-hybridized carbons (Fsp3) is 0.263. The number of thiocarbonyl (C=S) groups is 1. The van der Waals surface area contributed by atoms with Crippen LogP contribution in [0.1, 0.15) is 32.0 Å². The molecule has 2 N–H and O–H groups in total. The molecule has 4 heteroatoms. The van der Waals surface area contributed by atoms with Gasteiger partial charge in [0.1, 0.15) is 5.65 Å². The maximum Gasteiger partial charge on any atom is 0.137 e. The second-order valence-corrected chi connectivity index (χ2v) is 7.33. The van der Waals surface area contributed by atoms with E-state index < -0.39 is 0 Å². The van der Waals surface area contributed by atoms with Crippen molar-refractivity contribution in [2.75, 3.05) is 0 Å². The predicted octanol–water partition coefficient (Wildman–Crippen LogP) is 4.13. The van der Waals surface area contributed by atoms with Crippen molar-refractivity contribution >= 4 is 22.9 Å². The van der Waals surface area contributed by atoms with E-state index in [1.165, 1.54) is 5.56 Å². The van der Waals surface area contributed by atoms with Crippen LogP contribution in [0, 0.1) is 0 Å². The van der Waals surface area contributed by atoms with Crippen LogP contribution in [-0.2, 0) is 11.8 Å². The first kappa shape index (κ1) is 15.7. The van der Waals surface area contributed by atoms with E-state index in [-0.39, 0.29) is 5.41 Å². The van der Waals surface area contributed by atoms with E-state index in [4.69, 9.17) is 22.9 Å². The zero-order valence-corrected chi connectivity index (χ0v) is 14.5. The van der Waals surface area contributed by atoms with Crippen molar-refractivity contribution in [3.63, 3.8) is 0 Å². The van der Waals surface area contributed by atoms with Crippen molar-refractivity contribution in [1.82, 2.24) is 9.38 Å². The molecule has 3 nitrogen and oxygen atoms in total. The van der Waals surface area contributed by atoms with Crippen LogP contribution < -0.4 is 5.73 Å². The first-order valence-corrected chi connectivity index (χ1v) is 8.12. The molecule has 2 heterocycles. The predicted molar refractivity (Wildman–Crippen MR) is 99.8 cm³/mol. The second-order valence-electron chi connectivity index (χ2n) is 6.81. The fourth-order valence-electron chi connectivity index (χ4n) is 2.74. The van der Waals surface area contributed by atoms with Gasteiger partial charge in [0.25, 0.3) is 0 Å². The number of hydrogen-bond donors (Lipinski definition) is 1. The lowest BCUT2D eigenvalue weighted by molar-refractivity contribution is 0.590. The summed E-state index contributed by atoms with van der Waals surface area (Å²) in [6.45, 7) is 6.64. The largest absolute Gasteiger partial charge is 0.393 e. The van der Waals surface area contributed by atoms with Crippen LogP contribution in [0.15, 0.2) is 48.7 Å². The van der Waals surface area contributed by atoms with Gasteiger partial charge in [-0.15, -0.1) is 0 Å². The van der Waals surface area contributed by atoms with E-state index in [9.17, 15) is 0 Å². The number of pyridine rings is 1. The maximum atomic E-state index is 5.79. The molecule has 0 unspecified atom stereocenters. The van der Waals surface area contributed by atoms with Gasteiger partial charge in [-0.1, -0.05) is 63.3 Å². The highest BCUT2D eigenvalue weighted by Crippen LogP contribution is 2.28. The lowest BCUT2D eigenvalue weighted by Crippen LogP contribution is -2.13. The summed E-state index contributed by atoms with van der Waals surface area (Å²) in [4.78, 5) is 5.25. The lowest BCUT2D eigenvalue weighted by Gasteiger charge is -2.19. The summed E-state index contributed by atoms with van der Waals surface area (Å²) in [6, 6.07) is 14.6. The van der Waals surface area contributed by atoms with Crippen LogP contribution >= 0.6 is 12.2 Å². The Morgan fingerprint density at radius 3 is 2.43 bits per heavy atom. The molecule has 118 valence electrons. The van der Waals surface area contributed by atoms with Crippen molar-refractivity contribution < 1.29 is 0 Å². The normalized spacial score (nSPS) is 11.8. The van der Waals surface area contributed by atoms with Crippen molar-refractivity contribution in [3.05, 3.63) is 59.9 Å². The Morgan fingerprint density at radius 1 is 1.13 bits per heavy atom. The number of rotatable bonds is 3. The Balaban J connectivity index is 2.13. The molecule has 0 aliphatic heterocycles. The van der Waals surface area contributed by atoms with Gasteiger partial charge in [0.05, 0.1) is 16.4 Å². The third-order valence-electron chi connectivity index (χ3n) is 3.99. The summed E-state index contributed by atoms with van der Waals surface area (Å²) in [5, 5.41) is 0. The van der Waals surface area contributed by atoms with Crippen molar-refractivity contribution in [2.45, 2.75) is 32.6 Å². The van der Waals surface area contributed by atoms with E-state index in [0.29, 0.717) is 11.4 Å². The second kappa shape index (κ2) is 5.78. The van der Waals surface area contributed by atoms with Crippen LogP contribution in [0.5, 0.6) is 0 Å². The molecular formula is C19H21N3S. The zero-order valence-electron chi connectivity index (χ0n) is 13.7. The SMILES string of the molecule is CC(C)(C)c1ccc(-c2nc3ccccn3c2CC(N)=S)cc1. The van der Waals surface area contributed by atoms with Crippen molar-refractivity contribution in [2.24, 2.45) is 5.73 Å². The highest BCUT2D eigenvalue weighted by Gasteiger charge is 2.17. The van der Waals surface area contributed by atoms with Gasteiger partial charge in [-0.05, 0) is 23.1 Å². The Labute approximate surface area is 142 Å². The van der Waals surface area contributed by atoms with Gasteiger partial charge in [0, 0.05) is 18.2 Å². The molecule has 0 radical (unpaired) electrons. The fourth-order valence-corrected chi connectivity index (χ4v) is 2.88. The third kappa shape index (κ3) is 3.13. The minimum absolute atomic E-state index is 0.138. The monoisotopic (exact) mass is 323 g/mol. The summed E-state index contributed by atoms with van der Waals surface area (Å²) in [5.74, 6) is 0. The molecule has 1 aromatic carbocycles. The van der Waals surface area contributed by atoms with Crippen LogP contribution in [-0.4, -0.2) is 14.4 Å². The minimum Gasteiger partial charge on any atom is -0.393 e. The number of imidazole rings is 1. The van der Waals surface area contributed by atoms with Gasteiger partial charge in [-0.25, -0.2) is 4.98 Å². The highest BCUT2D eigenvalue weighted by atomic mass is 32.1. The first-order valence-electron chi connectivity index (χ1n) is 7.71. The number of benzene rings is 1. The van der Waals surface area contributed by atoms with Crippen LogP contribution in [0.25, 0.3) is 16.9 Å². The van der Waals surface area contributed by atoms with Crippen molar-refractivity contribution in [1.29, 1.82) is 0 Å². The minimum atomic E-state index is 0.138. The Hall–Kier alpha value is -2.20. The lowest BCUT2D eigenvalue weighted by atomic mass is 9.86. The molecule has 0 spiro atoms. The molecule has 0 saturated carbocycles. The van der Waals surface area contributed by atoms with Gasteiger partial charge >= 0.3 is 0 Å². The Bertz CT molecular complexity index is 854. The molecule has 0 aliphatic carbocycles. The summed E-state index contributed by atoms with van der Waals surface area (Å²) in [5.41, 5.74) is 11.2. The maximum absolute atomic E-state index is 5.79. The average Bonchev–Trinajstić information content (AvgIpc) is 2.85. The van der Waals surface area contributed by atoms with E-state index in [2.05, 4.69) is 49.4 Å². The molecule has 23 heavy (non-hydrogen) atoms. The summed E-state index contributed by atoms with van der Waals surface area (Å²) in [6.07, 6.45) is 2.54. The number of nitrogens with two attached hydrogens (primary N) is 1. The van der Waals surface area contributed by atoms with E-state index >= 15 is 0 Å². The topological polar surface area (TPSA) is 43.3 Å². The first-order chi connectivity index (χ1) is 10.9. The Kier molecular flexibility index (Phi) is 3.94. The van der Waals surface area contributed by atoms with Crippen LogP contribution in [0.4, 0.5) is 0 Å². The summed E-state index contributed by atoms with van der Waals surface area (Å²) in [7, 11) is 0. The van der Waals surface area contributed by atoms with E-state index in [1.54, 1.807) is 0 Å². The quantitative estimate of drug-likeness (QED) is 0.737. The van der Waals surface area contributed by atoms with Crippen molar-refractivity contribution in [3.8, 4) is 11.3 Å². The molecule has 3 aromatic rings. The molecule has 0 aliphatic rings. The van der Waals surface area contributed by atoms with E-state index in [0.717, 1.165) is 22.6 Å². The molecule has 0 saturated heterocycles. The van der Waals surface area contributed by atoms with Crippen LogP contribution in [0.2, 0.25) is 0 Å². The molecular weight excluding hydrogens is 302 g/mol. The summed E-state index contributed by atoms with van der Waals surface area (Å²) < 4.78 is 2.06. The standard InChI is InChI=1S/C19H21N3S/c1-19(2,3)14-9-7-13(8-10-14)18-15(12-16(20)23)22-11-5-4-6-17(22)21-18/h4-11H,12H2,1-3H3,(H2,20,23). The average molecular weight is 323 g/mol. The van der Waals surface area contributed by atoms with Crippen LogP contribution in [0.3, 0.4) is 0 Å². The van der Waals surface area contributed by atoms with Gasteiger partial charge in [-0.2, -0.15) is 0 Å². The van der Waals surface area contributed by atoms with Gasteiger partial charge < -0.3 is 10.1 Å². The zero-order chi connectivity index (χ0) is 16.6. The van der Waals surface area contributed by atoms with Gasteiger partial charge in [0.2, 0.25) is 0 Å². The third-order valence-corrected chi connectivity index (χ3v) is 4.14. The number of fused-ring (bicyclic) bond motifs is 1. The molecule has 0 amide bonds. The molecule has 3 rings (SSSR count). The van der Waals surface area contributed by atoms with Gasteiger partial charge in [0.15, 0.2) is 0 Å². The number of nitrogens with zero attached hydrogens (tertiary/aromatic N) is 2. The molecule has 0 fully saturated rings. The van der Waals surface area contributed by atoms with E-state index in [1.807, 2.05) is 24.4 Å². The molecule has 0 atom stereocenters. The van der Waals surface area contributed by atoms with Gasteiger partial charge in [-0.3, -0.25) is 0 Å². The summed E-state index contributed by atoms with van der Waals surface area (Å²) >= 11 is 5.12. The number of aromatic nitrogens is 2. The molecule has 2 aromatic heterocycles. The Morgan fingerprint density at radius 2 is 1.83 bits per heavy atom.